The Hall–Kier alpha value is -3.96. The van der Waals surface area contributed by atoms with Gasteiger partial charge in [-0.1, -0.05) is 12.1 Å². The van der Waals surface area contributed by atoms with E-state index < -0.39 is 6.04 Å². The van der Waals surface area contributed by atoms with Crippen LogP contribution in [0, 0.1) is 13.8 Å². The van der Waals surface area contributed by atoms with Gasteiger partial charge in [0.25, 0.3) is 5.56 Å². The van der Waals surface area contributed by atoms with Crippen LogP contribution < -0.4 is 19.9 Å². The average Bonchev–Trinajstić information content (AvgIpc) is 3.41. The van der Waals surface area contributed by atoms with Crippen LogP contribution in [0.1, 0.15) is 28.6 Å². The van der Waals surface area contributed by atoms with Crippen molar-refractivity contribution >= 4 is 16.6 Å². The molecule has 0 saturated carbocycles. The number of tetrazole rings is 1. The largest absolute Gasteiger partial charge is 0.493 e. The van der Waals surface area contributed by atoms with Crippen molar-refractivity contribution in [2.45, 2.75) is 26.4 Å². The van der Waals surface area contributed by atoms with Gasteiger partial charge in [0.2, 0.25) is 0 Å². The minimum absolute atomic E-state index is 0.196. The van der Waals surface area contributed by atoms with E-state index in [4.69, 9.17) is 14.2 Å². The van der Waals surface area contributed by atoms with E-state index in [1.165, 1.54) is 16.8 Å². The van der Waals surface area contributed by atoms with Crippen LogP contribution >= 0.6 is 0 Å². The molecule has 0 radical (unpaired) electrons. The number of benzene rings is 2. The van der Waals surface area contributed by atoms with Crippen molar-refractivity contribution in [3.8, 4) is 11.5 Å². The van der Waals surface area contributed by atoms with E-state index >= 15 is 0 Å². The SMILES string of the molecule is COCCn1nnnc1[C@@H](c1cc2cc(OC)c(OC)cc2[nH]c1=O)N1CCN(c2cc(C)ccc2C)CC1. The third kappa shape index (κ3) is 5.32. The number of aromatic nitrogens is 5. The number of nitrogens with one attached hydrogen (secondary N) is 1. The summed E-state index contributed by atoms with van der Waals surface area (Å²) in [5, 5.41) is 13.4. The summed E-state index contributed by atoms with van der Waals surface area (Å²) >= 11 is 0. The molecule has 0 spiro atoms. The van der Waals surface area contributed by atoms with Gasteiger partial charge in [-0.2, -0.15) is 0 Å². The van der Waals surface area contributed by atoms with Gasteiger partial charge in [0.1, 0.15) is 6.04 Å². The van der Waals surface area contributed by atoms with Crippen LogP contribution in [0.2, 0.25) is 0 Å². The number of rotatable bonds is 9. The van der Waals surface area contributed by atoms with Crippen LogP contribution in [0.3, 0.4) is 0 Å². The van der Waals surface area contributed by atoms with Gasteiger partial charge in [0.05, 0.1) is 32.9 Å². The Labute approximate surface area is 227 Å². The molecule has 2 aromatic heterocycles. The van der Waals surface area contributed by atoms with E-state index in [2.05, 4.69) is 62.4 Å². The van der Waals surface area contributed by atoms with Crippen molar-refractivity contribution in [3.05, 3.63) is 69.3 Å². The first-order valence-corrected chi connectivity index (χ1v) is 13.0. The first kappa shape index (κ1) is 26.6. The monoisotopic (exact) mass is 533 g/mol. The number of anilines is 1. The number of aromatic amines is 1. The first-order chi connectivity index (χ1) is 18.9. The molecule has 0 bridgehead atoms. The van der Waals surface area contributed by atoms with Gasteiger partial charge < -0.3 is 24.1 Å². The highest BCUT2D eigenvalue weighted by molar-refractivity contribution is 5.83. The Morgan fingerprint density at radius 3 is 2.44 bits per heavy atom. The third-order valence-corrected chi connectivity index (χ3v) is 7.37. The van der Waals surface area contributed by atoms with Crippen LogP contribution in [-0.4, -0.2) is 84.2 Å². The van der Waals surface area contributed by atoms with Crippen LogP contribution in [0.15, 0.2) is 41.2 Å². The summed E-state index contributed by atoms with van der Waals surface area (Å²) in [5.74, 6) is 1.75. The fourth-order valence-corrected chi connectivity index (χ4v) is 5.28. The number of methoxy groups -OCH3 is 3. The van der Waals surface area contributed by atoms with Gasteiger partial charge in [-0.05, 0) is 53.6 Å². The minimum Gasteiger partial charge on any atom is -0.493 e. The lowest BCUT2D eigenvalue weighted by Gasteiger charge is -2.40. The van der Waals surface area contributed by atoms with Crippen molar-refractivity contribution in [2.75, 3.05) is 59.0 Å². The molecule has 206 valence electrons. The second kappa shape index (κ2) is 11.4. The lowest BCUT2D eigenvalue weighted by molar-refractivity contribution is 0.171. The number of nitrogens with zero attached hydrogens (tertiary/aromatic N) is 6. The summed E-state index contributed by atoms with van der Waals surface area (Å²) in [6, 6.07) is 11.7. The van der Waals surface area contributed by atoms with E-state index in [1.54, 1.807) is 32.1 Å². The maximum Gasteiger partial charge on any atom is 0.253 e. The summed E-state index contributed by atoms with van der Waals surface area (Å²) in [6.45, 7) is 8.30. The number of fused-ring (bicyclic) bond motifs is 1. The molecule has 1 aliphatic rings. The topological polar surface area (TPSA) is 111 Å². The predicted octanol–water partition coefficient (Wildman–Crippen LogP) is 2.71. The van der Waals surface area contributed by atoms with Gasteiger partial charge in [-0.15, -0.1) is 5.10 Å². The molecular weight excluding hydrogens is 498 g/mol. The molecule has 2 aromatic carbocycles. The molecule has 0 unspecified atom stereocenters. The highest BCUT2D eigenvalue weighted by Crippen LogP contribution is 2.34. The molecule has 0 amide bonds. The molecule has 5 rings (SSSR count). The average molecular weight is 534 g/mol. The van der Waals surface area contributed by atoms with Gasteiger partial charge >= 0.3 is 0 Å². The summed E-state index contributed by atoms with van der Waals surface area (Å²) in [7, 11) is 4.81. The standard InChI is InChI=1S/C28H35N7O4/c1-18-6-7-19(2)23(14-18)33-8-10-34(11-9-33)26(27-30-31-32-35(27)12-13-37-3)21-15-20-16-24(38-4)25(39-5)17-22(20)29-28(21)36/h6-7,14-17,26H,8-13H2,1-5H3,(H,29,36)/t26-/m1/s1. The normalized spacial score (nSPS) is 15.1. The molecule has 1 saturated heterocycles. The number of aryl methyl sites for hydroxylation is 2. The Balaban J connectivity index is 1.55. The quantitative estimate of drug-likeness (QED) is 0.347. The molecule has 11 heteroatoms. The van der Waals surface area contributed by atoms with Gasteiger partial charge in [0, 0.05) is 56.0 Å². The van der Waals surface area contributed by atoms with Crippen LogP contribution in [0.25, 0.3) is 10.9 Å². The Morgan fingerprint density at radius 1 is 0.974 bits per heavy atom. The molecule has 1 atom stereocenters. The first-order valence-electron chi connectivity index (χ1n) is 13.0. The number of piperazine rings is 1. The predicted molar refractivity (Wildman–Crippen MR) is 149 cm³/mol. The maximum atomic E-state index is 13.6. The number of pyridine rings is 1. The van der Waals surface area contributed by atoms with Crippen molar-refractivity contribution in [2.24, 2.45) is 0 Å². The second-order valence-electron chi connectivity index (χ2n) is 9.82. The zero-order valence-electron chi connectivity index (χ0n) is 23.1. The van der Waals surface area contributed by atoms with E-state index in [0.717, 1.165) is 31.6 Å². The Kier molecular flexibility index (Phi) is 7.80. The molecule has 0 aliphatic carbocycles. The van der Waals surface area contributed by atoms with Gasteiger partial charge in [0.15, 0.2) is 17.3 Å². The second-order valence-corrected chi connectivity index (χ2v) is 9.82. The number of ether oxygens (including phenoxy) is 3. The molecule has 11 nitrogen and oxygen atoms in total. The summed E-state index contributed by atoms with van der Waals surface area (Å²) in [4.78, 5) is 21.3. The number of hydrogen-bond acceptors (Lipinski definition) is 9. The lowest BCUT2D eigenvalue weighted by atomic mass is 10.0. The van der Waals surface area contributed by atoms with Crippen LogP contribution in [0.4, 0.5) is 5.69 Å². The molecule has 4 aromatic rings. The van der Waals surface area contributed by atoms with Crippen molar-refractivity contribution in [3.63, 3.8) is 0 Å². The Morgan fingerprint density at radius 2 is 1.72 bits per heavy atom. The molecule has 3 heterocycles. The highest BCUT2D eigenvalue weighted by atomic mass is 16.5. The summed E-state index contributed by atoms with van der Waals surface area (Å²) in [6.07, 6.45) is 0. The molecule has 1 aliphatic heterocycles. The minimum atomic E-state index is -0.446. The number of H-pyrrole nitrogens is 1. The van der Waals surface area contributed by atoms with Gasteiger partial charge in [-0.25, -0.2) is 4.68 Å². The molecule has 1 N–H and O–H groups in total. The van der Waals surface area contributed by atoms with Crippen LogP contribution in [0.5, 0.6) is 11.5 Å². The van der Waals surface area contributed by atoms with E-state index in [9.17, 15) is 4.79 Å². The van der Waals surface area contributed by atoms with E-state index in [0.29, 0.717) is 41.6 Å². The zero-order chi connectivity index (χ0) is 27.5. The molecule has 1 fully saturated rings. The zero-order valence-corrected chi connectivity index (χ0v) is 23.1. The number of hydrogen-bond donors (Lipinski definition) is 1. The van der Waals surface area contributed by atoms with Crippen molar-refractivity contribution in [1.29, 1.82) is 0 Å². The van der Waals surface area contributed by atoms with E-state index in [-0.39, 0.29) is 5.56 Å². The van der Waals surface area contributed by atoms with Gasteiger partial charge in [-0.3, -0.25) is 9.69 Å². The highest BCUT2D eigenvalue weighted by Gasteiger charge is 2.33. The smallest absolute Gasteiger partial charge is 0.253 e. The summed E-state index contributed by atoms with van der Waals surface area (Å²) < 4.78 is 18.0. The van der Waals surface area contributed by atoms with Crippen molar-refractivity contribution in [1.82, 2.24) is 30.1 Å². The fraction of sp³-hybridized carbons (Fsp3) is 0.429. The summed E-state index contributed by atoms with van der Waals surface area (Å²) in [5.41, 5.74) is 4.79. The Bertz CT molecular complexity index is 1510. The van der Waals surface area contributed by atoms with Crippen molar-refractivity contribution < 1.29 is 14.2 Å². The fourth-order valence-electron chi connectivity index (χ4n) is 5.28. The van der Waals surface area contributed by atoms with Crippen LogP contribution in [-0.2, 0) is 11.3 Å². The third-order valence-electron chi connectivity index (χ3n) is 7.37. The lowest BCUT2D eigenvalue weighted by Crippen LogP contribution is -2.49. The molecule has 39 heavy (non-hydrogen) atoms. The van der Waals surface area contributed by atoms with E-state index in [1.807, 2.05) is 12.1 Å². The maximum absolute atomic E-state index is 13.6. The molecular formula is C28H35N7O4.